The highest BCUT2D eigenvalue weighted by atomic mass is 19.4. The van der Waals surface area contributed by atoms with Gasteiger partial charge in [-0.2, -0.15) is 13.2 Å². The molecule has 1 N–H and O–H groups in total. The molecule has 0 aliphatic carbocycles. The van der Waals surface area contributed by atoms with Gasteiger partial charge in [0, 0.05) is 17.8 Å². The van der Waals surface area contributed by atoms with E-state index in [4.69, 9.17) is 14.2 Å². The lowest BCUT2D eigenvalue weighted by atomic mass is 10.1. The number of hydrogen-bond donors (Lipinski definition) is 1. The summed E-state index contributed by atoms with van der Waals surface area (Å²) in [5.41, 5.74) is -0.215. The Morgan fingerprint density at radius 2 is 1.89 bits per heavy atom. The van der Waals surface area contributed by atoms with Crippen molar-refractivity contribution in [3.05, 3.63) is 59.7 Å². The van der Waals surface area contributed by atoms with Crippen LogP contribution in [0.2, 0.25) is 0 Å². The van der Waals surface area contributed by atoms with E-state index >= 15 is 0 Å². The summed E-state index contributed by atoms with van der Waals surface area (Å²) in [7, 11) is 0. The summed E-state index contributed by atoms with van der Waals surface area (Å²) in [5, 5.41) is 2.52. The SMILES string of the molecule is O=C(COC(=O)C=Cc1cccc(C(F)(F)F)c1)Nc1ccc2c(c1)OCO2. The highest BCUT2D eigenvalue weighted by molar-refractivity contribution is 5.94. The summed E-state index contributed by atoms with van der Waals surface area (Å²) in [6.07, 6.45) is -2.35. The minimum Gasteiger partial charge on any atom is -0.454 e. The summed E-state index contributed by atoms with van der Waals surface area (Å²) in [4.78, 5) is 23.5. The summed E-state index contributed by atoms with van der Waals surface area (Å²) in [6.45, 7) is -0.456. The van der Waals surface area contributed by atoms with Crippen LogP contribution in [0.3, 0.4) is 0 Å². The van der Waals surface area contributed by atoms with Crippen LogP contribution in [0.1, 0.15) is 11.1 Å². The Kier molecular flexibility index (Phi) is 5.53. The number of fused-ring (bicyclic) bond motifs is 1. The average Bonchev–Trinajstić information content (AvgIpc) is 3.12. The lowest BCUT2D eigenvalue weighted by molar-refractivity contribution is -0.142. The molecular formula is C19H14F3NO5. The van der Waals surface area contributed by atoms with Gasteiger partial charge in [0.05, 0.1) is 5.56 Å². The number of anilines is 1. The number of carbonyl (C=O) groups excluding carboxylic acids is 2. The molecule has 0 aromatic heterocycles. The molecule has 28 heavy (non-hydrogen) atoms. The molecule has 0 atom stereocenters. The minimum absolute atomic E-state index is 0.0998. The van der Waals surface area contributed by atoms with Gasteiger partial charge in [0.15, 0.2) is 18.1 Å². The van der Waals surface area contributed by atoms with E-state index in [1.807, 2.05) is 0 Å². The van der Waals surface area contributed by atoms with Crippen LogP contribution in [-0.4, -0.2) is 25.3 Å². The van der Waals surface area contributed by atoms with Crippen LogP contribution in [0.15, 0.2) is 48.5 Å². The molecule has 0 saturated carbocycles. The molecule has 1 amide bonds. The zero-order chi connectivity index (χ0) is 20.1. The number of rotatable bonds is 5. The van der Waals surface area contributed by atoms with Crippen LogP contribution in [0.25, 0.3) is 6.08 Å². The number of carbonyl (C=O) groups is 2. The van der Waals surface area contributed by atoms with Crippen molar-refractivity contribution in [3.63, 3.8) is 0 Å². The van der Waals surface area contributed by atoms with E-state index in [-0.39, 0.29) is 12.4 Å². The molecular weight excluding hydrogens is 379 g/mol. The lowest BCUT2D eigenvalue weighted by Crippen LogP contribution is -2.20. The van der Waals surface area contributed by atoms with E-state index < -0.39 is 30.2 Å². The van der Waals surface area contributed by atoms with Gasteiger partial charge in [0.1, 0.15) is 0 Å². The predicted octanol–water partition coefficient (Wildman–Crippen LogP) is 3.63. The van der Waals surface area contributed by atoms with Crippen molar-refractivity contribution in [1.82, 2.24) is 0 Å². The molecule has 6 nitrogen and oxygen atoms in total. The summed E-state index contributed by atoms with van der Waals surface area (Å²) in [5.74, 6) is -0.402. The number of alkyl halides is 3. The molecule has 2 aromatic rings. The molecule has 0 unspecified atom stereocenters. The first-order valence-corrected chi connectivity index (χ1v) is 8.03. The Hall–Kier alpha value is -3.49. The fraction of sp³-hybridized carbons (Fsp3) is 0.158. The zero-order valence-electron chi connectivity index (χ0n) is 14.3. The minimum atomic E-state index is -4.48. The van der Waals surface area contributed by atoms with Crippen LogP contribution in [0, 0.1) is 0 Å². The first kappa shape index (κ1) is 19.3. The molecule has 3 rings (SSSR count). The van der Waals surface area contributed by atoms with Crippen molar-refractivity contribution < 1.29 is 37.0 Å². The fourth-order valence-electron chi connectivity index (χ4n) is 2.34. The maximum absolute atomic E-state index is 12.7. The number of hydrogen-bond acceptors (Lipinski definition) is 5. The summed E-state index contributed by atoms with van der Waals surface area (Å²) >= 11 is 0. The second kappa shape index (κ2) is 8.03. The lowest BCUT2D eigenvalue weighted by Gasteiger charge is -2.07. The second-order valence-corrected chi connectivity index (χ2v) is 5.68. The molecule has 1 heterocycles. The van der Waals surface area contributed by atoms with Crippen LogP contribution >= 0.6 is 0 Å². The Morgan fingerprint density at radius 1 is 1.11 bits per heavy atom. The number of amides is 1. The first-order chi connectivity index (χ1) is 13.3. The predicted molar refractivity (Wildman–Crippen MR) is 92.6 cm³/mol. The van der Waals surface area contributed by atoms with E-state index in [9.17, 15) is 22.8 Å². The summed E-state index contributed by atoms with van der Waals surface area (Å²) < 4.78 is 53.1. The third-order valence-corrected chi connectivity index (χ3v) is 3.63. The third-order valence-electron chi connectivity index (χ3n) is 3.63. The smallest absolute Gasteiger partial charge is 0.416 e. The van der Waals surface area contributed by atoms with E-state index in [2.05, 4.69) is 5.32 Å². The van der Waals surface area contributed by atoms with Gasteiger partial charge >= 0.3 is 12.1 Å². The molecule has 0 saturated heterocycles. The monoisotopic (exact) mass is 393 g/mol. The Bertz CT molecular complexity index is 924. The van der Waals surface area contributed by atoms with Crippen molar-refractivity contribution >= 4 is 23.6 Å². The standard InChI is InChI=1S/C19H14F3NO5/c20-19(21,22)13-3-1-2-12(8-13)4-7-18(25)26-10-17(24)23-14-5-6-15-16(9-14)28-11-27-15/h1-9H,10-11H2,(H,23,24). The molecule has 0 radical (unpaired) electrons. The van der Waals surface area contributed by atoms with Crippen LogP contribution in [-0.2, 0) is 20.5 Å². The molecule has 0 fully saturated rings. The maximum Gasteiger partial charge on any atom is 0.416 e. The number of nitrogens with one attached hydrogen (secondary N) is 1. The third kappa shape index (κ3) is 5.03. The van der Waals surface area contributed by atoms with Crippen LogP contribution in [0.4, 0.5) is 18.9 Å². The van der Waals surface area contributed by atoms with E-state index in [1.54, 1.807) is 18.2 Å². The van der Waals surface area contributed by atoms with Gasteiger partial charge in [0.25, 0.3) is 5.91 Å². The molecule has 9 heteroatoms. The van der Waals surface area contributed by atoms with Crippen molar-refractivity contribution in [2.24, 2.45) is 0 Å². The number of esters is 1. The maximum atomic E-state index is 12.7. The summed E-state index contributed by atoms with van der Waals surface area (Å²) in [6, 6.07) is 9.25. The van der Waals surface area contributed by atoms with Gasteiger partial charge < -0.3 is 19.5 Å². The normalized spacial score (nSPS) is 12.8. The van der Waals surface area contributed by atoms with Gasteiger partial charge in [-0.05, 0) is 35.9 Å². The Labute approximate surface area is 157 Å². The Morgan fingerprint density at radius 3 is 2.68 bits per heavy atom. The second-order valence-electron chi connectivity index (χ2n) is 5.68. The van der Waals surface area contributed by atoms with Crippen LogP contribution < -0.4 is 14.8 Å². The quantitative estimate of drug-likeness (QED) is 0.620. The fourth-order valence-corrected chi connectivity index (χ4v) is 2.34. The van der Waals surface area contributed by atoms with Crippen molar-refractivity contribution in [1.29, 1.82) is 0 Å². The zero-order valence-corrected chi connectivity index (χ0v) is 14.3. The first-order valence-electron chi connectivity index (χ1n) is 8.03. The topological polar surface area (TPSA) is 73.9 Å². The van der Waals surface area contributed by atoms with Crippen LogP contribution in [0.5, 0.6) is 11.5 Å². The van der Waals surface area contributed by atoms with E-state index in [1.165, 1.54) is 18.2 Å². The Balaban J connectivity index is 1.50. The average molecular weight is 393 g/mol. The van der Waals surface area contributed by atoms with E-state index in [0.29, 0.717) is 17.2 Å². The van der Waals surface area contributed by atoms with Gasteiger partial charge in [-0.25, -0.2) is 4.79 Å². The van der Waals surface area contributed by atoms with Crippen molar-refractivity contribution in [3.8, 4) is 11.5 Å². The number of benzene rings is 2. The van der Waals surface area contributed by atoms with Crippen molar-refractivity contribution in [2.75, 3.05) is 18.7 Å². The van der Waals surface area contributed by atoms with Gasteiger partial charge in [-0.15, -0.1) is 0 Å². The number of ether oxygens (including phenoxy) is 3. The molecule has 146 valence electrons. The molecule has 0 bridgehead atoms. The molecule has 2 aromatic carbocycles. The molecule has 1 aliphatic rings. The largest absolute Gasteiger partial charge is 0.454 e. The highest BCUT2D eigenvalue weighted by Gasteiger charge is 2.30. The van der Waals surface area contributed by atoms with Gasteiger partial charge in [-0.3, -0.25) is 4.79 Å². The van der Waals surface area contributed by atoms with Crippen molar-refractivity contribution in [2.45, 2.75) is 6.18 Å². The number of halogens is 3. The van der Waals surface area contributed by atoms with Gasteiger partial charge in [0.2, 0.25) is 6.79 Å². The molecule has 1 aliphatic heterocycles. The molecule has 0 spiro atoms. The van der Waals surface area contributed by atoms with Gasteiger partial charge in [-0.1, -0.05) is 12.1 Å². The highest BCUT2D eigenvalue weighted by Crippen LogP contribution is 2.34. The van der Waals surface area contributed by atoms with E-state index in [0.717, 1.165) is 18.2 Å².